The quantitative estimate of drug-likeness (QED) is 0.906. The molecule has 0 aliphatic carbocycles. The molecule has 0 aliphatic heterocycles. The highest BCUT2D eigenvalue weighted by Crippen LogP contribution is 2.27. The fourth-order valence-electron chi connectivity index (χ4n) is 1.91. The van der Waals surface area contributed by atoms with E-state index in [0.29, 0.717) is 17.7 Å². The molecular formula is C16H17FO2. The van der Waals surface area contributed by atoms with Crippen LogP contribution < -0.4 is 4.74 Å². The molecule has 0 saturated carbocycles. The monoisotopic (exact) mass is 260 g/mol. The van der Waals surface area contributed by atoms with Crippen molar-refractivity contribution in [1.29, 1.82) is 0 Å². The van der Waals surface area contributed by atoms with E-state index in [-0.39, 0.29) is 5.75 Å². The number of benzene rings is 2. The molecule has 1 atom stereocenters. The first-order chi connectivity index (χ1) is 9.08. The highest BCUT2D eigenvalue weighted by molar-refractivity contribution is 5.38. The maximum Gasteiger partial charge on any atom is 0.165 e. The van der Waals surface area contributed by atoms with Crippen molar-refractivity contribution in [2.24, 2.45) is 0 Å². The summed E-state index contributed by atoms with van der Waals surface area (Å²) < 4.78 is 19.5. The van der Waals surface area contributed by atoms with Crippen LogP contribution in [0.2, 0.25) is 0 Å². The van der Waals surface area contributed by atoms with Gasteiger partial charge in [0.15, 0.2) is 11.6 Å². The molecule has 2 aromatic rings. The lowest BCUT2D eigenvalue weighted by atomic mass is 10.1. The fraction of sp³-hybridized carbons (Fsp3) is 0.250. The maximum absolute atomic E-state index is 13.9. The summed E-state index contributed by atoms with van der Waals surface area (Å²) in [7, 11) is 0. The van der Waals surface area contributed by atoms with Crippen LogP contribution in [0.4, 0.5) is 4.39 Å². The van der Waals surface area contributed by atoms with Crippen molar-refractivity contribution in [2.45, 2.75) is 26.6 Å². The summed E-state index contributed by atoms with van der Waals surface area (Å²) in [4.78, 5) is 0. The molecule has 0 radical (unpaired) electrons. The molecule has 0 aromatic heterocycles. The minimum Gasteiger partial charge on any atom is -0.486 e. The van der Waals surface area contributed by atoms with E-state index in [1.165, 1.54) is 6.07 Å². The Balaban J connectivity index is 2.17. The third-order valence-electron chi connectivity index (χ3n) is 2.96. The molecule has 2 rings (SSSR count). The fourth-order valence-corrected chi connectivity index (χ4v) is 1.91. The maximum atomic E-state index is 13.9. The molecule has 100 valence electrons. The lowest BCUT2D eigenvalue weighted by molar-refractivity contribution is 0.198. The number of halogens is 1. The number of hydrogen-bond acceptors (Lipinski definition) is 2. The van der Waals surface area contributed by atoms with Gasteiger partial charge in [0.25, 0.3) is 0 Å². The van der Waals surface area contributed by atoms with Gasteiger partial charge in [-0.1, -0.05) is 30.3 Å². The summed E-state index contributed by atoms with van der Waals surface area (Å²) in [6, 6.07) is 12.7. The van der Waals surface area contributed by atoms with E-state index < -0.39 is 11.9 Å². The van der Waals surface area contributed by atoms with E-state index in [1.54, 1.807) is 19.9 Å². The molecule has 19 heavy (non-hydrogen) atoms. The second-order valence-electron chi connectivity index (χ2n) is 4.60. The lowest BCUT2D eigenvalue weighted by Gasteiger charge is -2.13. The minimum atomic E-state index is -0.684. The molecule has 0 fully saturated rings. The van der Waals surface area contributed by atoms with E-state index in [9.17, 15) is 9.50 Å². The van der Waals surface area contributed by atoms with Crippen molar-refractivity contribution < 1.29 is 14.2 Å². The normalized spacial score (nSPS) is 12.2. The number of hydrogen-bond donors (Lipinski definition) is 1. The lowest BCUT2D eigenvalue weighted by Crippen LogP contribution is -2.01. The van der Waals surface area contributed by atoms with Crippen LogP contribution in [0.25, 0.3) is 0 Å². The SMILES string of the molecule is Cc1cc(C(C)O)cc(F)c1OCc1ccccc1. The van der Waals surface area contributed by atoms with E-state index in [0.717, 1.165) is 5.56 Å². The van der Waals surface area contributed by atoms with Gasteiger partial charge in [-0.3, -0.25) is 0 Å². The van der Waals surface area contributed by atoms with Gasteiger partial charge < -0.3 is 9.84 Å². The molecule has 2 nitrogen and oxygen atoms in total. The topological polar surface area (TPSA) is 29.5 Å². The molecule has 0 bridgehead atoms. The number of aryl methyl sites for hydroxylation is 1. The number of rotatable bonds is 4. The van der Waals surface area contributed by atoms with Crippen molar-refractivity contribution in [3.05, 3.63) is 65.0 Å². The summed E-state index contributed by atoms with van der Waals surface area (Å²) in [5, 5.41) is 9.46. The highest BCUT2D eigenvalue weighted by Gasteiger charge is 2.12. The van der Waals surface area contributed by atoms with Gasteiger partial charge in [0, 0.05) is 0 Å². The average molecular weight is 260 g/mol. The molecule has 1 N–H and O–H groups in total. The third kappa shape index (κ3) is 3.32. The Hall–Kier alpha value is -1.87. The van der Waals surface area contributed by atoms with Crippen LogP contribution in [0.15, 0.2) is 42.5 Å². The van der Waals surface area contributed by atoms with E-state index in [1.807, 2.05) is 30.3 Å². The van der Waals surface area contributed by atoms with Gasteiger partial charge in [0.1, 0.15) is 6.61 Å². The Morgan fingerprint density at radius 1 is 1.21 bits per heavy atom. The summed E-state index contributed by atoms with van der Waals surface area (Å²) in [6.07, 6.45) is -0.684. The minimum absolute atomic E-state index is 0.244. The third-order valence-corrected chi connectivity index (χ3v) is 2.96. The Morgan fingerprint density at radius 3 is 2.47 bits per heavy atom. The van der Waals surface area contributed by atoms with Gasteiger partial charge in [-0.2, -0.15) is 0 Å². The summed E-state index contributed by atoms with van der Waals surface area (Å²) in [5.41, 5.74) is 2.23. The summed E-state index contributed by atoms with van der Waals surface area (Å²) >= 11 is 0. The van der Waals surface area contributed by atoms with Gasteiger partial charge in [0.2, 0.25) is 0 Å². The smallest absolute Gasteiger partial charge is 0.165 e. The largest absolute Gasteiger partial charge is 0.486 e. The molecule has 0 saturated heterocycles. The molecule has 0 heterocycles. The standard InChI is InChI=1S/C16H17FO2/c1-11-8-14(12(2)18)9-15(17)16(11)19-10-13-6-4-3-5-7-13/h3-9,12,18H,10H2,1-2H3. The Kier molecular flexibility index (Phi) is 4.17. The Bertz CT molecular complexity index is 527. The first kappa shape index (κ1) is 13.6. The molecule has 0 spiro atoms. The molecule has 2 aromatic carbocycles. The van der Waals surface area contributed by atoms with Crippen molar-refractivity contribution >= 4 is 0 Å². The predicted molar refractivity (Wildman–Crippen MR) is 72.5 cm³/mol. The van der Waals surface area contributed by atoms with Crippen molar-refractivity contribution in [3.8, 4) is 5.75 Å². The van der Waals surface area contributed by atoms with Crippen LogP contribution in [0.1, 0.15) is 29.7 Å². The Morgan fingerprint density at radius 2 is 1.89 bits per heavy atom. The first-order valence-electron chi connectivity index (χ1n) is 6.22. The van der Waals surface area contributed by atoms with Gasteiger partial charge in [-0.25, -0.2) is 4.39 Å². The molecular weight excluding hydrogens is 243 g/mol. The van der Waals surface area contributed by atoms with Crippen LogP contribution in [0.3, 0.4) is 0 Å². The van der Waals surface area contributed by atoms with E-state index in [2.05, 4.69) is 0 Å². The van der Waals surface area contributed by atoms with Gasteiger partial charge in [0.05, 0.1) is 6.10 Å². The van der Waals surface area contributed by atoms with Crippen LogP contribution >= 0.6 is 0 Å². The van der Waals surface area contributed by atoms with Gasteiger partial charge in [-0.15, -0.1) is 0 Å². The molecule has 1 unspecified atom stereocenters. The first-order valence-corrected chi connectivity index (χ1v) is 6.22. The van der Waals surface area contributed by atoms with E-state index >= 15 is 0 Å². The van der Waals surface area contributed by atoms with Gasteiger partial charge in [-0.05, 0) is 42.7 Å². The predicted octanol–water partition coefficient (Wildman–Crippen LogP) is 3.77. The zero-order valence-corrected chi connectivity index (χ0v) is 11.1. The van der Waals surface area contributed by atoms with Crippen LogP contribution in [0, 0.1) is 12.7 Å². The average Bonchev–Trinajstić information content (AvgIpc) is 2.38. The number of aliphatic hydroxyl groups excluding tert-OH is 1. The Labute approximate surface area is 112 Å². The summed E-state index contributed by atoms with van der Waals surface area (Å²) in [6.45, 7) is 3.71. The zero-order chi connectivity index (χ0) is 13.8. The van der Waals surface area contributed by atoms with Crippen LogP contribution in [-0.2, 0) is 6.61 Å². The highest BCUT2D eigenvalue weighted by atomic mass is 19.1. The second-order valence-corrected chi connectivity index (χ2v) is 4.60. The number of ether oxygens (including phenoxy) is 1. The van der Waals surface area contributed by atoms with Crippen LogP contribution in [-0.4, -0.2) is 5.11 Å². The zero-order valence-electron chi connectivity index (χ0n) is 11.1. The molecule has 0 aliphatic rings. The summed E-state index contributed by atoms with van der Waals surface area (Å²) in [5.74, 6) is -0.194. The molecule has 0 amide bonds. The van der Waals surface area contributed by atoms with Gasteiger partial charge >= 0.3 is 0 Å². The van der Waals surface area contributed by atoms with Crippen molar-refractivity contribution in [3.63, 3.8) is 0 Å². The number of aliphatic hydroxyl groups is 1. The van der Waals surface area contributed by atoms with E-state index in [4.69, 9.17) is 4.74 Å². The van der Waals surface area contributed by atoms with Crippen molar-refractivity contribution in [2.75, 3.05) is 0 Å². The molecule has 3 heteroatoms. The van der Waals surface area contributed by atoms with Crippen LogP contribution in [0.5, 0.6) is 5.75 Å². The van der Waals surface area contributed by atoms with Crippen molar-refractivity contribution in [1.82, 2.24) is 0 Å². The second kappa shape index (κ2) is 5.85.